The molecule has 1 rings (SSSR count). The van der Waals surface area contributed by atoms with E-state index >= 15 is 0 Å². The molecule has 1 aromatic heterocycles. The van der Waals surface area contributed by atoms with Crippen LogP contribution >= 0.6 is 0 Å². The summed E-state index contributed by atoms with van der Waals surface area (Å²) in [5.74, 6) is 1.05. The molecular formula is C13H25N5O2. The molecule has 20 heavy (non-hydrogen) atoms. The second kappa shape index (κ2) is 8.52. The molecule has 1 atom stereocenters. The molecule has 0 saturated carbocycles. The Bertz CT molecular complexity index is 400. The normalized spacial score (nSPS) is 12.3. The molecule has 0 aliphatic heterocycles. The van der Waals surface area contributed by atoms with E-state index < -0.39 is 6.10 Å². The summed E-state index contributed by atoms with van der Waals surface area (Å²) in [6.45, 7) is 9.56. The first-order valence-corrected chi connectivity index (χ1v) is 7.11. The molecule has 0 aliphatic carbocycles. The van der Waals surface area contributed by atoms with Gasteiger partial charge in [-0.3, -0.25) is 0 Å². The molecule has 0 aromatic carbocycles. The zero-order valence-corrected chi connectivity index (χ0v) is 12.7. The molecule has 3 N–H and O–H groups in total. The standard InChI is InChI=1S/C13H25N5O2/c1-5-7-20-13-17-11(14-6-2)16-12(18-13)15-8-10(19)9(3)4/h9-10,19H,5-8H2,1-4H3,(H2,14,15,16,17,18). The molecule has 0 aliphatic rings. The van der Waals surface area contributed by atoms with E-state index in [0.717, 1.165) is 6.42 Å². The highest BCUT2D eigenvalue weighted by molar-refractivity contribution is 5.35. The topological polar surface area (TPSA) is 92.2 Å². The maximum absolute atomic E-state index is 9.79. The second-order valence-electron chi connectivity index (χ2n) is 4.84. The van der Waals surface area contributed by atoms with Crippen LogP contribution in [0.15, 0.2) is 0 Å². The molecule has 1 unspecified atom stereocenters. The lowest BCUT2D eigenvalue weighted by molar-refractivity contribution is 0.137. The van der Waals surface area contributed by atoms with Gasteiger partial charge in [-0.25, -0.2) is 0 Å². The molecule has 114 valence electrons. The first-order chi connectivity index (χ1) is 9.56. The lowest BCUT2D eigenvalue weighted by atomic mass is 10.1. The summed E-state index contributed by atoms with van der Waals surface area (Å²) in [7, 11) is 0. The summed E-state index contributed by atoms with van der Waals surface area (Å²) in [4.78, 5) is 12.6. The van der Waals surface area contributed by atoms with E-state index in [1.807, 2.05) is 27.7 Å². The van der Waals surface area contributed by atoms with Crippen LogP contribution in [0.5, 0.6) is 6.01 Å². The van der Waals surface area contributed by atoms with Gasteiger partial charge in [0.2, 0.25) is 11.9 Å². The van der Waals surface area contributed by atoms with Gasteiger partial charge in [-0.05, 0) is 19.3 Å². The molecule has 0 saturated heterocycles. The largest absolute Gasteiger partial charge is 0.463 e. The van der Waals surface area contributed by atoms with Crippen molar-refractivity contribution < 1.29 is 9.84 Å². The molecule has 0 spiro atoms. The Morgan fingerprint density at radius 3 is 2.30 bits per heavy atom. The molecule has 1 heterocycles. The summed E-state index contributed by atoms with van der Waals surface area (Å²) in [5, 5.41) is 15.8. The minimum absolute atomic E-state index is 0.174. The Labute approximate surface area is 120 Å². The van der Waals surface area contributed by atoms with E-state index in [9.17, 15) is 5.11 Å². The van der Waals surface area contributed by atoms with Crippen molar-refractivity contribution in [3.8, 4) is 6.01 Å². The van der Waals surface area contributed by atoms with Gasteiger partial charge in [-0.1, -0.05) is 20.8 Å². The summed E-state index contributed by atoms with van der Waals surface area (Å²) in [6, 6.07) is 0.291. The minimum atomic E-state index is -0.450. The van der Waals surface area contributed by atoms with Crippen LogP contribution in [0.2, 0.25) is 0 Å². The van der Waals surface area contributed by atoms with Gasteiger partial charge < -0.3 is 20.5 Å². The van der Waals surface area contributed by atoms with E-state index in [1.54, 1.807) is 0 Å². The Morgan fingerprint density at radius 2 is 1.75 bits per heavy atom. The Balaban J connectivity index is 2.74. The second-order valence-corrected chi connectivity index (χ2v) is 4.84. The van der Waals surface area contributed by atoms with Gasteiger partial charge in [0.05, 0.1) is 12.7 Å². The molecule has 0 radical (unpaired) electrons. The van der Waals surface area contributed by atoms with Gasteiger partial charge in [0.1, 0.15) is 0 Å². The van der Waals surface area contributed by atoms with E-state index in [1.165, 1.54) is 0 Å². The van der Waals surface area contributed by atoms with E-state index in [2.05, 4.69) is 25.6 Å². The number of ether oxygens (including phenoxy) is 1. The number of rotatable bonds is 9. The third kappa shape index (κ3) is 5.56. The fourth-order valence-electron chi connectivity index (χ4n) is 1.36. The zero-order valence-electron chi connectivity index (χ0n) is 12.7. The van der Waals surface area contributed by atoms with E-state index in [-0.39, 0.29) is 5.92 Å². The molecular weight excluding hydrogens is 258 g/mol. The maximum Gasteiger partial charge on any atom is 0.323 e. The SMILES string of the molecule is CCCOc1nc(NCC)nc(NCC(O)C(C)C)n1. The molecule has 7 heteroatoms. The van der Waals surface area contributed by atoms with Crippen LogP contribution in [0.1, 0.15) is 34.1 Å². The zero-order chi connectivity index (χ0) is 15.0. The molecule has 0 bridgehead atoms. The first kappa shape index (κ1) is 16.4. The van der Waals surface area contributed by atoms with Crippen molar-refractivity contribution in [2.45, 2.75) is 40.2 Å². The molecule has 0 fully saturated rings. The van der Waals surface area contributed by atoms with Crippen LogP contribution in [0.4, 0.5) is 11.9 Å². The summed E-state index contributed by atoms with van der Waals surface area (Å²) in [5.41, 5.74) is 0. The predicted molar refractivity (Wildman–Crippen MR) is 79.1 cm³/mol. The van der Waals surface area contributed by atoms with Gasteiger partial charge >= 0.3 is 6.01 Å². The van der Waals surface area contributed by atoms with Crippen LogP contribution < -0.4 is 15.4 Å². The monoisotopic (exact) mass is 283 g/mol. The van der Waals surface area contributed by atoms with Crippen molar-refractivity contribution in [3.05, 3.63) is 0 Å². The Hall–Kier alpha value is -1.63. The molecule has 1 aromatic rings. The quantitative estimate of drug-likeness (QED) is 0.632. The average molecular weight is 283 g/mol. The first-order valence-electron chi connectivity index (χ1n) is 7.11. The average Bonchev–Trinajstić information content (AvgIpc) is 2.42. The van der Waals surface area contributed by atoms with Gasteiger partial charge in [0.25, 0.3) is 0 Å². The number of aliphatic hydroxyl groups excluding tert-OH is 1. The van der Waals surface area contributed by atoms with Crippen LogP contribution in [0.3, 0.4) is 0 Å². The smallest absolute Gasteiger partial charge is 0.323 e. The summed E-state index contributed by atoms with van der Waals surface area (Å²) < 4.78 is 5.43. The predicted octanol–water partition coefficient (Wildman–Crippen LogP) is 1.52. The number of anilines is 2. The lowest BCUT2D eigenvalue weighted by Crippen LogP contribution is -2.25. The van der Waals surface area contributed by atoms with Crippen molar-refractivity contribution in [2.75, 3.05) is 30.3 Å². The van der Waals surface area contributed by atoms with Crippen LogP contribution in [-0.2, 0) is 0 Å². The third-order valence-corrected chi connectivity index (χ3v) is 2.62. The minimum Gasteiger partial charge on any atom is -0.463 e. The number of aromatic nitrogens is 3. The number of aliphatic hydroxyl groups is 1. The fraction of sp³-hybridized carbons (Fsp3) is 0.769. The van der Waals surface area contributed by atoms with E-state index in [0.29, 0.717) is 37.6 Å². The van der Waals surface area contributed by atoms with Crippen molar-refractivity contribution in [1.29, 1.82) is 0 Å². The van der Waals surface area contributed by atoms with Gasteiger partial charge in [0.15, 0.2) is 0 Å². The summed E-state index contributed by atoms with van der Waals surface area (Å²) in [6.07, 6.45) is 0.436. The van der Waals surface area contributed by atoms with Crippen LogP contribution in [0, 0.1) is 5.92 Å². The van der Waals surface area contributed by atoms with Crippen LogP contribution in [0.25, 0.3) is 0 Å². The number of hydrogen-bond donors (Lipinski definition) is 3. The lowest BCUT2D eigenvalue weighted by Gasteiger charge is -2.15. The van der Waals surface area contributed by atoms with Crippen LogP contribution in [-0.4, -0.2) is 45.9 Å². The Kier molecular flexibility index (Phi) is 7.00. The number of hydrogen-bond acceptors (Lipinski definition) is 7. The van der Waals surface area contributed by atoms with Crippen molar-refractivity contribution in [3.63, 3.8) is 0 Å². The third-order valence-electron chi connectivity index (χ3n) is 2.62. The fourth-order valence-corrected chi connectivity index (χ4v) is 1.36. The Morgan fingerprint density at radius 1 is 1.10 bits per heavy atom. The number of nitrogens with one attached hydrogen (secondary N) is 2. The van der Waals surface area contributed by atoms with Crippen molar-refractivity contribution in [2.24, 2.45) is 5.92 Å². The summed E-state index contributed by atoms with van der Waals surface area (Å²) >= 11 is 0. The highest BCUT2D eigenvalue weighted by Gasteiger charge is 2.11. The molecule has 0 amide bonds. The highest BCUT2D eigenvalue weighted by Crippen LogP contribution is 2.12. The maximum atomic E-state index is 9.79. The highest BCUT2D eigenvalue weighted by atomic mass is 16.5. The number of nitrogens with zero attached hydrogens (tertiary/aromatic N) is 3. The van der Waals surface area contributed by atoms with Crippen molar-refractivity contribution >= 4 is 11.9 Å². The van der Waals surface area contributed by atoms with Gasteiger partial charge in [0, 0.05) is 13.1 Å². The van der Waals surface area contributed by atoms with Crippen molar-refractivity contribution in [1.82, 2.24) is 15.0 Å². The van der Waals surface area contributed by atoms with Gasteiger partial charge in [-0.2, -0.15) is 15.0 Å². The van der Waals surface area contributed by atoms with E-state index in [4.69, 9.17) is 4.74 Å². The van der Waals surface area contributed by atoms with Gasteiger partial charge in [-0.15, -0.1) is 0 Å². The molecule has 7 nitrogen and oxygen atoms in total.